The van der Waals surface area contributed by atoms with Crippen LogP contribution in [0.15, 0.2) is 67.3 Å². The number of hydrogen-bond donors (Lipinski definition) is 1. The van der Waals surface area contributed by atoms with Gasteiger partial charge < -0.3 is 10.2 Å². The van der Waals surface area contributed by atoms with Crippen molar-refractivity contribution in [2.24, 2.45) is 0 Å². The minimum Gasteiger partial charge on any atom is -0.351 e. The van der Waals surface area contributed by atoms with Gasteiger partial charge in [0.2, 0.25) is 5.91 Å². The number of amides is 2. The molecule has 0 aromatic heterocycles. The highest BCUT2D eigenvalue weighted by Gasteiger charge is 2.19. The zero-order valence-electron chi connectivity index (χ0n) is 17.6. The number of rotatable bonds is 10. The topological polar surface area (TPSA) is 52.7 Å². The summed E-state index contributed by atoms with van der Waals surface area (Å²) in [5, 5.41) is 2.98. The molecule has 30 heavy (non-hydrogen) atoms. The first-order chi connectivity index (χ1) is 14.7. The number of hydrogen-bond acceptors (Lipinski definition) is 3. The SMILES string of the molecule is C=CCN(CCc1ccccc1)CC(=O)NCc1ccc(C(=O)N2CCCC2)cc1. The third-order valence-corrected chi connectivity index (χ3v) is 5.40. The Kier molecular flexibility index (Phi) is 8.21. The van der Waals surface area contributed by atoms with Gasteiger partial charge >= 0.3 is 0 Å². The number of nitrogens with one attached hydrogen (secondary N) is 1. The lowest BCUT2D eigenvalue weighted by atomic mass is 10.1. The average molecular weight is 406 g/mol. The molecule has 5 nitrogen and oxygen atoms in total. The Bertz CT molecular complexity index is 827. The summed E-state index contributed by atoms with van der Waals surface area (Å²) in [5.41, 5.74) is 2.96. The van der Waals surface area contributed by atoms with Crippen molar-refractivity contribution in [1.82, 2.24) is 15.1 Å². The Morgan fingerprint density at radius 3 is 2.37 bits per heavy atom. The van der Waals surface area contributed by atoms with Crippen LogP contribution >= 0.6 is 0 Å². The van der Waals surface area contributed by atoms with E-state index in [1.807, 2.05) is 53.4 Å². The summed E-state index contributed by atoms with van der Waals surface area (Å²) >= 11 is 0. The highest BCUT2D eigenvalue weighted by atomic mass is 16.2. The van der Waals surface area contributed by atoms with Crippen molar-refractivity contribution in [3.63, 3.8) is 0 Å². The molecule has 1 saturated heterocycles. The largest absolute Gasteiger partial charge is 0.351 e. The molecular weight excluding hydrogens is 374 g/mol. The molecule has 1 N–H and O–H groups in total. The second kappa shape index (κ2) is 11.3. The summed E-state index contributed by atoms with van der Waals surface area (Å²) in [7, 11) is 0. The fourth-order valence-electron chi connectivity index (χ4n) is 3.68. The Balaban J connectivity index is 1.45. The maximum Gasteiger partial charge on any atom is 0.253 e. The molecule has 2 amide bonds. The zero-order valence-corrected chi connectivity index (χ0v) is 17.6. The number of benzene rings is 2. The van der Waals surface area contributed by atoms with E-state index in [-0.39, 0.29) is 11.8 Å². The van der Waals surface area contributed by atoms with Crippen LogP contribution in [0.3, 0.4) is 0 Å². The van der Waals surface area contributed by atoms with Crippen molar-refractivity contribution in [2.45, 2.75) is 25.8 Å². The minimum atomic E-state index is -0.0119. The predicted octanol–water partition coefficient (Wildman–Crippen LogP) is 3.27. The number of nitrogens with zero attached hydrogens (tertiary/aromatic N) is 2. The van der Waals surface area contributed by atoms with Crippen molar-refractivity contribution in [3.05, 3.63) is 83.9 Å². The fourth-order valence-corrected chi connectivity index (χ4v) is 3.68. The van der Waals surface area contributed by atoms with Gasteiger partial charge in [-0.15, -0.1) is 6.58 Å². The molecule has 2 aromatic rings. The first-order valence-electron chi connectivity index (χ1n) is 10.7. The van der Waals surface area contributed by atoms with Gasteiger partial charge in [0.25, 0.3) is 5.91 Å². The summed E-state index contributed by atoms with van der Waals surface area (Å²) in [6.07, 6.45) is 4.90. The van der Waals surface area contributed by atoms with Crippen LogP contribution in [0.5, 0.6) is 0 Å². The molecule has 1 aliphatic heterocycles. The van der Waals surface area contributed by atoms with Crippen molar-refractivity contribution < 1.29 is 9.59 Å². The molecule has 1 heterocycles. The van der Waals surface area contributed by atoms with E-state index in [0.29, 0.717) is 25.2 Å². The van der Waals surface area contributed by atoms with Gasteiger partial charge in [-0.2, -0.15) is 0 Å². The molecule has 0 atom stereocenters. The van der Waals surface area contributed by atoms with Gasteiger partial charge in [0.1, 0.15) is 0 Å². The Hall–Kier alpha value is -2.92. The van der Waals surface area contributed by atoms with Gasteiger partial charge in [0.05, 0.1) is 6.54 Å². The molecule has 0 spiro atoms. The van der Waals surface area contributed by atoms with Crippen LogP contribution in [-0.2, 0) is 17.8 Å². The lowest BCUT2D eigenvalue weighted by Crippen LogP contribution is -2.38. The summed E-state index contributed by atoms with van der Waals surface area (Å²) in [6, 6.07) is 17.8. The monoisotopic (exact) mass is 405 g/mol. The average Bonchev–Trinajstić information content (AvgIpc) is 3.32. The molecule has 0 radical (unpaired) electrons. The second-order valence-electron chi connectivity index (χ2n) is 7.73. The molecule has 0 saturated carbocycles. The zero-order chi connectivity index (χ0) is 21.2. The van der Waals surface area contributed by atoms with E-state index in [4.69, 9.17) is 0 Å². The van der Waals surface area contributed by atoms with E-state index >= 15 is 0 Å². The van der Waals surface area contributed by atoms with E-state index in [9.17, 15) is 9.59 Å². The lowest BCUT2D eigenvalue weighted by Gasteiger charge is -2.20. The van der Waals surface area contributed by atoms with E-state index in [1.165, 1.54) is 5.56 Å². The molecule has 3 rings (SSSR count). The normalized spacial score (nSPS) is 13.4. The standard InChI is InChI=1S/C25H31N3O2/c1-2-15-27(18-14-21-8-4-3-5-9-21)20-24(29)26-19-22-10-12-23(13-11-22)25(30)28-16-6-7-17-28/h2-5,8-13H,1,6-7,14-20H2,(H,26,29). The van der Waals surface area contributed by atoms with Crippen molar-refractivity contribution in [2.75, 3.05) is 32.7 Å². The van der Waals surface area contributed by atoms with E-state index < -0.39 is 0 Å². The number of carbonyl (C=O) groups excluding carboxylic acids is 2. The second-order valence-corrected chi connectivity index (χ2v) is 7.73. The third kappa shape index (κ3) is 6.56. The van der Waals surface area contributed by atoms with Crippen LogP contribution in [0.2, 0.25) is 0 Å². The van der Waals surface area contributed by atoms with E-state index in [0.717, 1.165) is 44.5 Å². The van der Waals surface area contributed by atoms with Gasteiger partial charge in [-0.25, -0.2) is 0 Å². The molecule has 0 aliphatic carbocycles. The third-order valence-electron chi connectivity index (χ3n) is 5.40. The number of likely N-dealkylation sites (tertiary alicyclic amines) is 1. The molecule has 2 aromatic carbocycles. The molecular formula is C25H31N3O2. The lowest BCUT2D eigenvalue weighted by molar-refractivity contribution is -0.122. The Morgan fingerprint density at radius 1 is 1.00 bits per heavy atom. The van der Waals surface area contributed by atoms with Gasteiger partial charge in [-0.1, -0.05) is 48.5 Å². The fraction of sp³-hybridized carbons (Fsp3) is 0.360. The van der Waals surface area contributed by atoms with Crippen molar-refractivity contribution in [3.8, 4) is 0 Å². The van der Waals surface area contributed by atoms with Crippen LogP contribution < -0.4 is 5.32 Å². The van der Waals surface area contributed by atoms with Crippen molar-refractivity contribution in [1.29, 1.82) is 0 Å². The molecule has 5 heteroatoms. The Morgan fingerprint density at radius 2 is 1.70 bits per heavy atom. The molecule has 1 aliphatic rings. The summed E-state index contributed by atoms with van der Waals surface area (Å²) in [5.74, 6) is 0.0868. The van der Waals surface area contributed by atoms with Crippen LogP contribution in [-0.4, -0.2) is 54.3 Å². The van der Waals surface area contributed by atoms with Crippen LogP contribution in [0, 0.1) is 0 Å². The summed E-state index contributed by atoms with van der Waals surface area (Å²) in [6.45, 7) is 7.77. The van der Waals surface area contributed by atoms with Gasteiger partial charge in [0, 0.05) is 38.3 Å². The van der Waals surface area contributed by atoms with Crippen LogP contribution in [0.25, 0.3) is 0 Å². The molecule has 0 bridgehead atoms. The maximum atomic E-state index is 12.4. The molecule has 158 valence electrons. The summed E-state index contributed by atoms with van der Waals surface area (Å²) in [4.78, 5) is 28.8. The predicted molar refractivity (Wildman–Crippen MR) is 120 cm³/mol. The van der Waals surface area contributed by atoms with E-state index in [2.05, 4.69) is 28.9 Å². The highest BCUT2D eigenvalue weighted by Crippen LogP contribution is 2.13. The summed E-state index contributed by atoms with van der Waals surface area (Å²) < 4.78 is 0. The highest BCUT2D eigenvalue weighted by molar-refractivity contribution is 5.94. The van der Waals surface area contributed by atoms with Gasteiger partial charge in [-0.05, 0) is 42.5 Å². The molecule has 1 fully saturated rings. The van der Waals surface area contributed by atoms with Gasteiger partial charge in [-0.3, -0.25) is 14.5 Å². The first kappa shape index (κ1) is 21.8. The Labute approximate surface area is 179 Å². The number of carbonyl (C=O) groups is 2. The quantitative estimate of drug-likeness (QED) is 0.617. The molecule has 0 unspecified atom stereocenters. The maximum absolute atomic E-state index is 12.4. The minimum absolute atomic E-state index is 0.0119. The van der Waals surface area contributed by atoms with E-state index in [1.54, 1.807) is 0 Å². The van der Waals surface area contributed by atoms with Crippen LogP contribution in [0.4, 0.5) is 0 Å². The van der Waals surface area contributed by atoms with Crippen LogP contribution in [0.1, 0.15) is 34.3 Å². The van der Waals surface area contributed by atoms with Gasteiger partial charge in [0.15, 0.2) is 0 Å². The first-order valence-corrected chi connectivity index (χ1v) is 10.7. The smallest absolute Gasteiger partial charge is 0.253 e. The van der Waals surface area contributed by atoms with Crippen molar-refractivity contribution >= 4 is 11.8 Å².